The first-order valence-electron chi connectivity index (χ1n) is 9.53. The highest BCUT2D eigenvalue weighted by atomic mass is 16.2. The highest BCUT2D eigenvalue weighted by Gasteiger charge is 2.28. The maximum absolute atomic E-state index is 12.7. The van der Waals surface area contributed by atoms with Crippen molar-refractivity contribution in [2.75, 3.05) is 23.7 Å². The number of rotatable bonds is 6. The summed E-state index contributed by atoms with van der Waals surface area (Å²) >= 11 is 0. The van der Waals surface area contributed by atoms with E-state index in [9.17, 15) is 9.59 Å². The largest absolute Gasteiger partial charge is 0.350 e. The lowest BCUT2D eigenvalue weighted by Crippen LogP contribution is -2.31. The Balaban J connectivity index is 1.32. The van der Waals surface area contributed by atoms with Crippen LogP contribution in [0.5, 0.6) is 0 Å². The van der Waals surface area contributed by atoms with Gasteiger partial charge >= 0.3 is 0 Å². The van der Waals surface area contributed by atoms with Crippen molar-refractivity contribution < 1.29 is 9.59 Å². The maximum atomic E-state index is 12.7. The molecule has 144 valence electrons. The van der Waals surface area contributed by atoms with Crippen molar-refractivity contribution in [3.63, 3.8) is 0 Å². The predicted octanol–water partition coefficient (Wildman–Crippen LogP) is 2.81. The highest BCUT2D eigenvalue weighted by Crippen LogP contribution is 2.39. The molecule has 2 heterocycles. The molecular weight excluding hydrogens is 354 g/mol. The number of aromatic nitrogens is 2. The van der Waals surface area contributed by atoms with Crippen LogP contribution in [0.1, 0.15) is 41.1 Å². The zero-order valence-corrected chi connectivity index (χ0v) is 15.6. The van der Waals surface area contributed by atoms with E-state index in [2.05, 4.69) is 27.2 Å². The summed E-state index contributed by atoms with van der Waals surface area (Å²) in [6.07, 6.45) is 8.33. The molecule has 1 saturated heterocycles. The zero-order valence-electron chi connectivity index (χ0n) is 15.6. The van der Waals surface area contributed by atoms with Crippen LogP contribution in [0, 0.1) is 0 Å². The average Bonchev–Trinajstić information content (AvgIpc) is 3.47. The Morgan fingerprint density at radius 1 is 1.11 bits per heavy atom. The minimum atomic E-state index is -0.278. The first-order chi connectivity index (χ1) is 13.6. The summed E-state index contributed by atoms with van der Waals surface area (Å²) in [6, 6.07) is 7.02. The lowest BCUT2D eigenvalue weighted by molar-refractivity contribution is -0.111. The van der Waals surface area contributed by atoms with Crippen molar-refractivity contribution in [2.45, 2.75) is 31.2 Å². The normalized spacial score (nSPS) is 18.6. The van der Waals surface area contributed by atoms with Gasteiger partial charge in [-0.3, -0.25) is 9.59 Å². The van der Waals surface area contributed by atoms with Crippen LogP contribution < -0.4 is 10.6 Å². The minimum absolute atomic E-state index is 0.0177. The first-order valence-corrected chi connectivity index (χ1v) is 9.53. The van der Waals surface area contributed by atoms with E-state index in [0.717, 1.165) is 6.42 Å². The number of carbonyl (C=O) groups is 2. The lowest BCUT2D eigenvalue weighted by atomic mass is 10.2. The van der Waals surface area contributed by atoms with Crippen LogP contribution in [0.3, 0.4) is 0 Å². The number of likely N-dealkylation sites (tertiary alicyclic amines) is 1. The standard InChI is InChI=1S/C21H23N5O2/c1-2-19(27)24-17-7-5-15(6-8-17)20(28)26-10-9-18(13-26)25-21-22-11-16(12-23-21)14-3-4-14/h2,5-8,11-12,14,18H,1,3-4,9-10,13H2,(H,24,27)(H,22,23,25). The van der Waals surface area contributed by atoms with Crippen molar-refractivity contribution >= 4 is 23.5 Å². The third-order valence-corrected chi connectivity index (χ3v) is 5.11. The highest BCUT2D eigenvalue weighted by molar-refractivity contribution is 5.99. The summed E-state index contributed by atoms with van der Waals surface area (Å²) < 4.78 is 0. The number of carbonyl (C=O) groups excluding carboxylic acids is 2. The molecule has 2 fully saturated rings. The Morgan fingerprint density at radius 3 is 2.46 bits per heavy atom. The van der Waals surface area contributed by atoms with Crippen molar-refractivity contribution in [3.05, 3.63) is 60.4 Å². The van der Waals surface area contributed by atoms with Crippen LogP contribution in [0.25, 0.3) is 0 Å². The summed E-state index contributed by atoms with van der Waals surface area (Å²) in [6.45, 7) is 4.72. The number of anilines is 2. The summed E-state index contributed by atoms with van der Waals surface area (Å²) in [5.41, 5.74) is 2.44. The molecule has 1 aliphatic carbocycles. The Bertz CT molecular complexity index is 875. The second kappa shape index (κ2) is 7.80. The number of amides is 2. The monoisotopic (exact) mass is 377 g/mol. The lowest BCUT2D eigenvalue weighted by Gasteiger charge is -2.17. The number of nitrogens with one attached hydrogen (secondary N) is 2. The van der Waals surface area contributed by atoms with Gasteiger partial charge < -0.3 is 15.5 Å². The van der Waals surface area contributed by atoms with Gasteiger partial charge in [0.15, 0.2) is 0 Å². The Hall–Kier alpha value is -3.22. The van der Waals surface area contributed by atoms with Crippen molar-refractivity contribution in [3.8, 4) is 0 Å². The molecular formula is C21H23N5O2. The van der Waals surface area contributed by atoms with E-state index < -0.39 is 0 Å². The van der Waals surface area contributed by atoms with Gasteiger partial charge in [0.2, 0.25) is 11.9 Å². The van der Waals surface area contributed by atoms with Gasteiger partial charge in [0.05, 0.1) is 0 Å². The molecule has 2 aromatic rings. The third kappa shape index (κ3) is 4.19. The van der Waals surface area contributed by atoms with E-state index in [-0.39, 0.29) is 17.9 Å². The topological polar surface area (TPSA) is 87.2 Å². The van der Waals surface area contributed by atoms with Gasteiger partial charge in [0.1, 0.15) is 0 Å². The van der Waals surface area contributed by atoms with Gasteiger partial charge in [-0.15, -0.1) is 0 Å². The molecule has 7 nitrogen and oxygen atoms in total. The SMILES string of the molecule is C=CC(=O)Nc1ccc(C(=O)N2CCC(Nc3ncc(C4CC4)cn3)C2)cc1. The molecule has 1 aliphatic heterocycles. The smallest absolute Gasteiger partial charge is 0.253 e. The molecule has 2 amide bonds. The molecule has 0 radical (unpaired) electrons. The van der Waals surface area contributed by atoms with Gasteiger partial charge in [0.25, 0.3) is 5.91 Å². The van der Waals surface area contributed by atoms with Crippen LogP contribution in [0.2, 0.25) is 0 Å². The van der Waals surface area contributed by atoms with E-state index in [1.54, 1.807) is 24.3 Å². The molecule has 0 spiro atoms. The molecule has 1 atom stereocenters. The quantitative estimate of drug-likeness (QED) is 0.756. The van der Waals surface area contributed by atoms with Gasteiger partial charge in [0, 0.05) is 42.8 Å². The first kappa shape index (κ1) is 18.2. The van der Waals surface area contributed by atoms with Crippen LogP contribution in [0.15, 0.2) is 49.3 Å². The second-order valence-corrected chi connectivity index (χ2v) is 7.27. The van der Waals surface area contributed by atoms with E-state index in [4.69, 9.17) is 0 Å². The Morgan fingerprint density at radius 2 is 1.82 bits per heavy atom. The zero-order chi connectivity index (χ0) is 19.5. The average molecular weight is 377 g/mol. The molecule has 1 aromatic heterocycles. The van der Waals surface area contributed by atoms with Crippen LogP contribution >= 0.6 is 0 Å². The van der Waals surface area contributed by atoms with E-state index in [0.29, 0.717) is 36.2 Å². The molecule has 4 rings (SSSR count). The third-order valence-electron chi connectivity index (χ3n) is 5.11. The van der Waals surface area contributed by atoms with Crippen LogP contribution in [-0.2, 0) is 4.79 Å². The summed E-state index contributed by atoms with van der Waals surface area (Å²) in [5, 5.41) is 6.00. The van der Waals surface area contributed by atoms with E-state index >= 15 is 0 Å². The molecule has 1 aromatic carbocycles. The number of nitrogens with zero attached hydrogens (tertiary/aromatic N) is 3. The minimum Gasteiger partial charge on any atom is -0.350 e. The van der Waals surface area contributed by atoms with Crippen LogP contribution in [-0.4, -0.2) is 45.8 Å². The Kier molecular flexibility index (Phi) is 5.06. The maximum Gasteiger partial charge on any atom is 0.253 e. The van der Waals surface area contributed by atoms with Crippen molar-refractivity contribution in [1.82, 2.24) is 14.9 Å². The molecule has 1 unspecified atom stereocenters. The van der Waals surface area contributed by atoms with E-state index in [1.807, 2.05) is 17.3 Å². The van der Waals surface area contributed by atoms with Gasteiger partial charge in [-0.1, -0.05) is 6.58 Å². The molecule has 28 heavy (non-hydrogen) atoms. The molecule has 7 heteroatoms. The molecule has 0 bridgehead atoms. The number of hydrogen-bond acceptors (Lipinski definition) is 5. The predicted molar refractivity (Wildman–Crippen MR) is 107 cm³/mol. The molecule has 2 N–H and O–H groups in total. The van der Waals surface area contributed by atoms with Crippen molar-refractivity contribution in [2.24, 2.45) is 0 Å². The van der Waals surface area contributed by atoms with Crippen LogP contribution in [0.4, 0.5) is 11.6 Å². The second-order valence-electron chi connectivity index (χ2n) is 7.27. The fourth-order valence-electron chi connectivity index (χ4n) is 3.36. The van der Waals surface area contributed by atoms with Crippen molar-refractivity contribution in [1.29, 1.82) is 0 Å². The summed E-state index contributed by atoms with van der Waals surface area (Å²) in [4.78, 5) is 34.7. The summed E-state index contributed by atoms with van der Waals surface area (Å²) in [5.74, 6) is 0.965. The van der Waals surface area contributed by atoms with Gasteiger partial charge in [-0.05, 0) is 61.1 Å². The fraction of sp³-hybridized carbons (Fsp3) is 0.333. The summed E-state index contributed by atoms with van der Waals surface area (Å²) in [7, 11) is 0. The van der Waals surface area contributed by atoms with Gasteiger partial charge in [-0.2, -0.15) is 0 Å². The van der Waals surface area contributed by atoms with Gasteiger partial charge in [-0.25, -0.2) is 9.97 Å². The van der Waals surface area contributed by atoms with E-state index in [1.165, 1.54) is 24.5 Å². The molecule has 1 saturated carbocycles. The number of hydrogen-bond donors (Lipinski definition) is 2. The molecule has 2 aliphatic rings. The fourth-order valence-corrected chi connectivity index (χ4v) is 3.36. The Labute approximate surface area is 163 Å². The number of benzene rings is 1.